The lowest BCUT2D eigenvalue weighted by molar-refractivity contribution is 1.18. The van der Waals surface area contributed by atoms with Gasteiger partial charge in [-0.3, -0.25) is 0 Å². The molecule has 280 valence electrons. The topological polar surface area (TPSA) is 14.8 Å². The Morgan fingerprint density at radius 3 is 1.25 bits per heavy atom. The summed E-state index contributed by atoms with van der Waals surface area (Å²) in [4.78, 5) is 1.29. The molecule has 0 aliphatic heterocycles. The molecule has 9 aromatic carbocycles. The molecule has 0 aliphatic rings. The van der Waals surface area contributed by atoms with Gasteiger partial charge in [-0.15, -0.1) is 11.3 Å². The molecule has 0 unspecified atom stereocenters. The molecule has 0 radical (unpaired) electrons. The van der Waals surface area contributed by atoms with Crippen LogP contribution in [0.5, 0.6) is 0 Å². The minimum atomic E-state index is 1.15. The Bertz CT molecular complexity index is 3810. The average Bonchev–Trinajstić information content (AvgIpc) is 4.05. The van der Waals surface area contributed by atoms with Gasteiger partial charge in [-0.05, 0) is 113 Å². The molecule has 13 rings (SSSR count). The van der Waals surface area contributed by atoms with Crippen molar-refractivity contribution in [2.45, 2.75) is 0 Å². The summed E-state index contributed by atoms with van der Waals surface area (Å²) in [5.41, 5.74) is 14.5. The van der Waals surface area contributed by atoms with Gasteiger partial charge in [-0.1, -0.05) is 121 Å². The van der Waals surface area contributed by atoms with Crippen LogP contribution >= 0.6 is 11.3 Å². The first kappa shape index (κ1) is 33.3. The molecular weight excluding hydrogens is 747 g/mol. The maximum Gasteiger partial charge on any atom is 0.109 e. The van der Waals surface area contributed by atoms with E-state index < -0.39 is 0 Å². The Kier molecular flexibility index (Phi) is 7.18. The van der Waals surface area contributed by atoms with Gasteiger partial charge >= 0.3 is 0 Å². The first-order valence-electron chi connectivity index (χ1n) is 20.5. The summed E-state index contributed by atoms with van der Waals surface area (Å²) >= 11 is 1.87. The third kappa shape index (κ3) is 4.89. The standard InChI is InChI=1S/C56H35N3S/c1-3-13-40(14-4-1)57-49-20-10-7-17-43(49)46-33-38(25-30-52(46)57)39-26-31-53-47(34-39)44-18-8-11-21-50(44)58(53)42-28-23-36(24-29-42)37-27-32-54-48(35-37)55-45-19-9-12-22-51(45)59(56(55)60-54)41-15-5-2-6-16-41/h1-35H. The molecule has 4 aromatic heterocycles. The highest BCUT2D eigenvalue weighted by atomic mass is 32.1. The summed E-state index contributed by atoms with van der Waals surface area (Å²) in [5, 5.41) is 8.95. The van der Waals surface area contributed by atoms with Crippen LogP contribution in [0.15, 0.2) is 212 Å². The van der Waals surface area contributed by atoms with E-state index in [-0.39, 0.29) is 0 Å². The van der Waals surface area contributed by atoms with E-state index in [1.54, 1.807) is 0 Å². The number of rotatable bonds is 5. The molecule has 60 heavy (non-hydrogen) atoms. The van der Waals surface area contributed by atoms with Crippen LogP contribution in [-0.4, -0.2) is 13.7 Å². The SMILES string of the molecule is c1ccc(-n2c3ccccc3c3cc(-c4ccc5c(c4)c4ccccc4n5-c4ccc(-c5ccc6sc7c(c6c5)c5ccccc5n7-c5ccccc5)cc4)ccc32)cc1. The number of para-hydroxylation sites is 5. The lowest BCUT2D eigenvalue weighted by Gasteiger charge is -2.10. The average molecular weight is 782 g/mol. The molecule has 4 heterocycles. The van der Waals surface area contributed by atoms with E-state index in [1.165, 1.54) is 108 Å². The van der Waals surface area contributed by atoms with Crippen LogP contribution < -0.4 is 0 Å². The molecule has 3 nitrogen and oxygen atoms in total. The van der Waals surface area contributed by atoms with Gasteiger partial charge in [0.1, 0.15) is 4.83 Å². The van der Waals surface area contributed by atoms with Crippen molar-refractivity contribution in [2.24, 2.45) is 0 Å². The summed E-state index contributed by atoms with van der Waals surface area (Å²) in [7, 11) is 0. The highest BCUT2D eigenvalue weighted by Gasteiger charge is 2.19. The maximum atomic E-state index is 2.42. The van der Waals surface area contributed by atoms with Crippen LogP contribution in [0.4, 0.5) is 0 Å². The summed E-state index contributed by atoms with van der Waals surface area (Å²) < 4.78 is 8.52. The van der Waals surface area contributed by atoms with Gasteiger partial charge in [-0.2, -0.15) is 0 Å². The molecule has 13 aromatic rings. The molecule has 4 heteroatoms. The maximum absolute atomic E-state index is 2.42. The van der Waals surface area contributed by atoms with E-state index in [9.17, 15) is 0 Å². The fraction of sp³-hybridized carbons (Fsp3) is 0. The number of aromatic nitrogens is 3. The van der Waals surface area contributed by atoms with Crippen molar-refractivity contribution in [3.05, 3.63) is 212 Å². The zero-order chi connectivity index (χ0) is 39.3. The molecular formula is C56H35N3S. The first-order chi connectivity index (χ1) is 29.8. The fourth-order valence-corrected chi connectivity index (χ4v) is 11.0. The lowest BCUT2D eigenvalue weighted by atomic mass is 10.0. The van der Waals surface area contributed by atoms with Crippen molar-refractivity contribution < 1.29 is 0 Å². The Hall–Kier alpha value is -7.66. The zero-order valence-corrected chi connectivity index (χ0v) is 33.3. The molecule has 0 spiro atoms. The Morgan fingerprint density at radius 1 is 0.267 bits per heavy atom. The molecule has 0 atom stereocenters. The molecule has 0 saturated heterocycles. The van der Waals surface area contributed by atoms with Gasteiger partial charge in [0.2, 0.25) is 0 Å². The molecule has 0 amide bonds. The second-order valence-corrected chi connectivity index (χ2v) is 16.8. The van der Waals surface area contributed by atoms with Crippen LogP contribution in [-0.2, 0) is 0 Å². The van der Waals surface area contributed by atoms with Crippen LogP contribution in [0.25, 0.3) is 114 Å². The summed E-state index contributed by atoms with van der Waals surface area (Å²) in [6, 6.07) is 77.7. The zero-order valence-electron chi connectivity index (χ0n) is 32.5. The van der Waals surface area contributed by atoms with Crippen LogP contribution in [0.1, 0.15) is 0 Å². The Morgan fingerprint density at radius 2 is 0.667 bits per heavy atom. The number of thiophene rings is 1. The van der Waals surface area contributed by atoms with E-state index >= 15 is 0 Å². The van der Waals surface area contributed by atoms with E-state index in [4.69, 9.17) is 0 Å². The highest BCUT2D eigenvalue weighted by Crippen LogP contribution is 2.44. The van der Waals surface area contributed by atoms with Crippen LogP contribution in [0, 0.1) is 0 Å². The van der Waals surface area contributed by atoms with E-state index in [0.29, 0.717) is 0 Å². The third-order valence-corrected chi connectivity index (χ3v) is 13.6. The normalized spacial score (nSPS) is 12.0. The van der Waals surface area contributed by atoms with Gasteiger partial charge in [0.25, 0.3) is 0 Å². The molecule has 0 fully saturated rings. The second kappa shape index (κ2) is 12.9. The van der Waals surface area contributed by atoms with Crippen molar-refractivity contribution in [3.8, 4) is 39.3 Å². The van der Waals surface area contributed by atoms with E-state index in [2.05, 4.69) is 226 Å². The van der Waals surface area contributed by atoms with Gasteiger partial charge in [0.15, 0.2) is 0 Å². The number of hydrogen-bond donors (Lipinski definition) is 0. The third-order valence-electron chi connectivity index (χ3n) is 12.5. The lowest BCUT2D eigenvalue weighted by Crippen LogP contribution is -1.94. The van der Waals surface area contributed by atoms with Crippen molar-refractivity contribution >= 4 is 86.2 Å². The number of nitrogens with zero attached hydrogens (tertiary/aromatic N) is 3. The van der Waals surface area contributed by atoms with Gasteiger partial charge in [0, 0.05) is 59.5 Å². The summed E-state index contributed by atoms with van der Waals surface area (Å²) in [6.07, 6.45) is 0. The largest absolute Gasteiger partial charge is 0.309 e. The second-order valence-electron chi connectivity index (χ2n) is 15.7. The van der Waals surface area contributed by atoms with Crippen LogP contribution in [0.2, 0.25) is 0 Å². The fourth-order valence-electron chi connectivity index (χ4n) is 9.75. The Labute approximate surface area is 349 Å². The van der Waals surface area contributed by atoms with Crippen LogP contribution in [0.3, 0.4) is 0 Å². The molecule has 0 aliphatic carbocycles. The van der Waals surface area contributed by atoms with Gasteiger partial charge < -0.3 is 13.7 Å². The number of fused-ring (bicyclic) bond motifs is 11. The predicted octanol–water partition coefficient (Wildman–Crippen LogP) is 15.5. The van der Waals surface area contributed by atoms with Crippen molar-refractivity contribution in [3.63, 3.8) is 0 Å². The number of hydrogen-bond acceptors (Lipinski definition) is 1. The first-order valence-corrected chi connectivity index (χ1v) is 21.3. The smallest absolute Gasteiger partial charge is 0.109 e. The Balaban J connectivity index is 0.904. The van der Waals surface area contributed by atoms with E-state index in [1.807, 2.05) is 11.3 Å². The quantitative estimate of drug-likeness (QED) is 0.165. The van der Waals surface area contributed by atoms with Crippen molar-refractivity contribution in [1.82, 2.24) is 13.7 Å². The van der Waals surface area contributed by atoms with Crippen molar-refractivity contribution in [2.75, 3.05) is 0 Å². The van der Waals surface area contributed by atoms with E-state index in [0.717, 1.165) is 5.69 Å². The molecule has 0 N–H and O–H groups in total. The summed E-state index contributed by atoms with van der Waals surface area (Å²) in [6.45, 7) is 0. The minimum Gasteiger partial charge on any atom is -0.309 e. The predicted molar refractivity (Wildman–Crippen MR) is 256 cm³/mol. The van der Waals surface area contributed by atoms with Gasteiger partial charge in [-0.25, -0.2) is 0 Å². The van der Waals surface area contributed by atoms with Crippen molar-refractivity contribution in [1.29, 1.82) is 0 Å². The highest BCUT2D eigenvalue weighted by molar-refractivity contribution is 7.25. The van der Waals surface area contributed by atoms with Gasteiger partial charge in [0.05, 0.1) is 27.6 Å². The summed E-state index contributed by atoms with van der Waals surface area (Å²) in [5.74, 6) is 0. The molecule has 0 bridgehead atoms. The number of benzene rings is 9. The minimum absolute atomic E-state index is 1.15. The monoisotopic (exact) mass is 781 g/mol. The molecule has 0 saturated carbocycles.